The van der Waals surface area contributed by atoms with E-state index in [1.54, 1.807) is 6.08 Å². The number of nitrogens with zero attached hydrogens (tertiary/aromatic N) is 1. The Labute approximate surface area is 60.4 Å². The molecule has 0 fully saturated rings. The van der Waals surface area contributed by atoms with Gasteiger partial charge >= 0.3 is 0 Å². The van der Waals surface area contributed by atoms with E-state index in [1.165, 1.54) is 0 Å². The van der Waals surface area contributed by atoms with Gasteiger partial charge in [-0.3, -0.25) is 0 Å². The van der Waals surface area contributed by atoms with Crippen LogP contribution in [0.2, 0.25) is 0 Å². The number of hydrogen-bond acceptors (Lipinski definition) is 3. The summed E-state index contributed by atoms with van der Waals surface area (Å²) in [6.07, 6.45) is 1.58. The molecule has 0 radical (unpaired) electrons. The molecule has 10 heavy (non-hydrogen) atoms. The van der Waals surface area contributed by atoms with Crippen LogP contribution in [-0.4, -0.2) is 25.3 Å². The van der Waals surface area contributed by atoms with E-state index < -0.39 is 0 Å². The Morgan fingerprint density at radius 1 is 2.00 bits per heavy atom. The van der Waals surface area contributed by atoms with Crippen molar-refractivity contribution in [3.63, 3.8) is 0 Å². The van der Waals surface area contributed by atoms with Crippen LogP contribution in [0, 0.1) is 0 Å². The topological polar surface area (TPSA) is 30.8 Å². The maximum Gasteiger partial charge on any atom is 0.186 e. The van der Waals surface area contributed by atoms with Crippen LogP contribution in [0.15, 0.2) is 17.6 Å². The Morgan fingerprint density at radius 2 is 2.80 bits per heavy atom. The van der Waals surface area contributed by atoms with Gasteiger partial charge in [-0.2, -0.15) is 0 Å². The molecule has 0 saturated carbocycles. The summed E-state index contributed by atoms with van der Waals surface area (Å²) in [6, 6.07) is 0. The molecule has 0 spiro atoms. The van der Waals surface area contributed by atoms with Gasteiger partial charge in [0.2, 0.25) is 0 Å². The van der Waals surface area contributed by atoms with E-state index in [1.807, 2.05) is 6.92 Å². The molecular formula is C7H11NO2. The summed E-state index contributed by atoms with van der Waals surface area (Å²) in [5, 5.41) is 0. The lowest BCUT2D eigenvalue weighted by molar-refractivity contribution is 0.0593. The second kappa shape index (κ2) is 3.37. The van der Waals surface area contributed by atoms with Gasteiger partial charge in [-0.1, -0.05) is 6.08 Å². The highest BCUT2D eigenvalue weighted by Crippen LogP contribution is 2.04. The van der Waals surface area contributed by atoms with E-state index in [-0.39, 0.29) is 6.23 Å². The molecule has 0 aromatic rings. The van der Waals surface area contributed by atoms with Crippen LogP contribution < -0.4 is 0 Å². The molecule has 0 N–H and O–H groups in total. The number of rotatable bonds is 3. The van der Waals surface area contributed by atoms with Crippen molar-refractivity contribution in [3.8, 4) is 0 Å². The van der Waals surface area contributed by atoms with Crippen molar-refractivity contribution in [2.75, 3.05) is 13.2 Å². The summed E-state index contributed by atoms with van der Waals surface area (Å²) in [7, 11) is 0. The third-order valence-corrected chi connectivity index (χ3v) is 1.17. The van der Waals surface area contributed by atoms with Crippen molar-refractivity contribution < 1.29 is 9.47 Å². The van der Waals surface area contributed by atoms with E-state index in [9.17, 15) is 0 Å². The Hall–Kier alpha value is -0.830. The number of hydrogen-bond donors (Lipinski definition) is 0. The SMILES string of the molecule is C=CCOC1COC(C)=N1. The first-order valence-electron chi connectivity index (χ1n) is 3.22. The minimum absolute atomic E-state index is 0.113. The van der Waals surface area contributed by atoms with E-state index >= 15 is 0 Å². The van der Waals surface area contributed by atoms with Crippen LogP contribution in [0.1, 0.15) is 6.92 Å². The minimum atomic E-state index is -0.113. The van der Waals surface area contributed by atoms with Crippen LogP contribution in [0.4, 0.5) is 0 Å². The average Bonchev–Trinajstić information content (AvgIpc) is 2.31. The van der Waals surface area contributed by atoms with Gasteiger partial charge in [0.15, 0.2) is 12.1 Å². The largest absolute Gasteiger partial charge is 0.476 e. The first-order chi connectivity index (χ1) is 4.83. The quantitative estimate of drug-likeness (QED) is 0.548. The second-order valence-corrected chi connectivity index (χ2v) is 2.04. The molecular weight excluding hydrogens is 130 g/mol. The fourth-order valence-electron chi connectivity index (χ4n) is 0.734. The molecule has 3 heteroatoms. The van der Waals surface area contributed by atoms with Crippen LogP contribution in [0.5, 0.6) is 0 Å². The van der Waals surface area contributed by atoms with Crippen molar-refractivity contribution in [3.05, 3.63) is 12.7 Å². The molecule has 0 amide bonds. The molecule has 1 atom stereocenters. The summed E-state index contributed by atoms with van der Waals surface area (Å²) in [6.45, 7) is 6.42. The standard InChI is InChI=1S/C7H11NO2/c1-3-4-9-7-5-10-6(2)8-7/h3,7H,1,4-5H2,2H3. The smallest absolute Gasteiger partial charge is 0.186 e. The van der Waals surface area contributed by atoms with E-state index in [4.69, 9.17) is 9.47 Å². The molecule has 0 aliphatic carbocycles. The van der Waals surface area contributed by atoms with Crippen LogP contribution in [0.25, 0.3) is 0 Å². The summed E-state index contributed by atoms with van der Waals surface area (Å²) < 4.78 is 10.2. The molecule has 0 aromatic heterocycles. The van der Waals surface area contributed by atoms with E-state index in [0.717, 1.165) is 0 Å². The Kier molecular flexibility index (Phi) is 2.45. The highest BCUT2D eigenvalue weighted by atomic mass is 16.6. The van der Waals surface area contributed by atoms with Crippen LogP contribution >= 0.6 is 0 Å². The molecule has 0 aromatic carbocycles. The van der Waals surface area contributed by atoms with Gasteiger partial charge in [0.05, 0.1) is 6.61 Å². The second-order valence-electron chi connectivity index (χ2n) is 2.04. The lowest BCUT2D eigenvalue weighted by Crippen LogP contribution is -2.10. The third-order valence-electron chi connectivity index (χ3n) is 1.17. The number of ether oxygens (including phenoxy) is 2. The summed E-state index contributed by atoms with van der Waals surface area (Å²) in [5.41, 5.74) is 0. The molecule has 0 saturated heterocycles. The van der Waals surface area contributed by atoms with Gasteiger partial charge in [-0.05, 0) is 0 Å². The highest BCUT2D eigenvalue weighted by molar-refractivity contribution is 5.74. The van der Waals surface area contributed by atoms with Gasteiger partial charge in [-0.15, -0.1) is 6.58 Å². The summed E-state index contributed by atoms with van der Waals surface area (Å²) in [5.74, 6) is 0.703. The Morgan fingerprint density at radius 3 is 3.30 bits per heavy atom. The lowest BCUT2D eigenvalue weighted by atomic mass is 10.6. The maximum atomic E-state index is 5.19. The predicted molar refractivity (Wildman–Crippen MR) is 39.0 cm³/mol. The average molecular weight is 141 g/mol. The van der Waals surface area contributed by atoms with Crippen LogP contribution in [0.3, 0.4) is 0 Å². The molecule has 0 bridgehead atoms. The predicted octanol–water partition coefficient (Wildman–Crippen LogP) is 0.964. The Balaban J connectivity index is 2.24. The van der Waals surface area contributed by atoms with Crippen molar-refractivity contribution >= 4 is 5.90 Å². The number of aliphatic imine (C=N–C) groups is 1. The molecule has 1 unspecified atom stereocenters. The molecule has 1 aliphatic heterocycles. The fraction of sp³-hybridized carbons (Fsp3) is 0.571. The molecule has 1 heterocycles. The zero-order chi connectivity index (χ0) is 7.40. The monoisotopic (exact) mass is 141 g/mol. The lowest BCUT2D eigenvalue weighted by Gasteiger charge is -2.02. The van der Waals surface area contributed by atoms with Gasteiger partial charge in [0.1, 0.15) is 6.61 Å². The van der Waals surface area contributed by atoms with Gasteiger partial charge in [-0.25, -0.2) is 4.99 Å². The van der Waals surface area contributed by atoms with Crippen molar-refractivity contribution in [2.45, 2.75) is 13.2 Å². The zero-order valence-electron chi connectivity index (χ0n) is 6.04. The highest BCUT2D eigenvalue weighted by Gasteiger charge is 2.14. The maximum absolute atomic E-state index is 5.19. The summed E-state index contributed by atoms with van der Waals surface area (Å²) in [4.78, 5) is 4.05. The van der Waals surface area contributed by atoms with Gasteiger partial charge in [0, 0.05) is 6.92 Å². The van der Waals surface area contributed by atoms with Gasteiger partial charge < -0.3 is 9.47 Å². The van der Waals surface area contributed by atoms with Crippen molar-refractivity contribution in [1.82, 2.24) is 0 Å². The minimum Gasteiger partial charge on any atom is -0.476 e. The molecule has 3 nitrogen and oxygen atoms in total. The molecule has 56 valence electrons. The fourth-order valence-corrected chi connectivity index (χ4v) is 0.734. The Bertz CT molecular complexity index is 154. The van der Waals surface area contributed by atoms with E-state index in [0.29, 0.717) is 19.1 Å². The molecule has 1 aliphatic rings. The molecule has 1 rings (SSSR count). The third kappa shape index (κ3) is 1.84. The first kappa shape index (κ1) is 7.28. The van der Waals surface area contributed by atoms with Gasteiger partial charge in [0.25, 0.3) is 0 Å². The summed E-state index contributed by atoms with van der Waals surface area (Å²) >= 11 is 0. The van der Waals surface area contributed by atoms with Crippen molar-refractivity contribution in [2.24, 2.45) is 4.99 Å². The normalized spacial score (nSPS) is 23.7. The zero-order valence-corrected chi connectivity index (χ0v) is 6.04. The van der Waals surface area contributed by atoms with Crippen LogP contribution in [-0.2, 0) is 9.47 Å². The van der Waals surface area contributed by atoms with Crippen molar-refractivity contribution in [1.29, 1.82) is 0 Å². The van der Waals surface area contributed by atoms with E-state index in [2.05, 4.69) is 11.6 Å². The first-order valence-corrected chi connectivity index (χ1v) is 3.22.